The first-order chi connectivity index (χ1) is 5.90. The Morgan fingerprint density at radius 2 is 2.17 bits per heavy atom. The third kappa shape index (κ3) is 1.17. The first kappa shape index (κ1) is 7.25. The Kier molecular flexibility index (Phi) is 1.76. The summed E-state index contributed by atoms with van der Waals surface area (Å²) in [6, 6.07) is 9.23. The topological polar surface area (TPSA) is 42.6 Å². The molecule has 1 aromatic heterocycles. The van der Waals surface area contributed by atoms with E-state index in [1.165, 1.54) is 0 Å². The van der Waals surface area contributed by atoms with Crippen LogP contribution in [0.1, 0.15) is 0 Å². The fraction of sp³-hybridized carbons (Fsp3) is 0. The summed E-state index contributed by atoms with van der Waals surface area (Å²) in [5.74, 6) is 0.290. The molecule has 1 N–H and O–H groups in total. The molecule has 0 unspecified atom stereocenters. The molecule has 1 radical (unpaired) electrons. The molecule has 0 spiro atoms. The maximum absolute atomic E-state index is 8.34. The summed E-state index contributed by atoms with van der Waals surface area (Å²) in [6.07, 6.45) is 0. The zero-order chi connectivity index (χ0) is 8.39. The highest BCUT2D eigenvalue weighted by Gasteiger charge is 2.02. The van der Waals surface area contributed by atoms with Crippen LogP contribution < -0.4 is 4.65 Å². The van der Waals surface area contributed by atoms with Crippen molar-refractivity contribution in [2.24, 2.45) is 0 Å². The number of hydrogen-bond donors (Lipinski definition) is 1. The van der Waals surface area contributed by atoms with Gasteiger partial charge >= 0.3 is 7.69 Å². The second kappa shape index (κ2) is 2.91. The molecule has 0 fully saturated rings. The van der Waals surface area contributed by atoms with Crippen LogP contribution in [0.2, 0.25) is 0 Å². The number of fused-ring (bicyclic) bond motifs is 1. The number of rotatable bonds is 2. The summed E-state index contributed by atoms with van der Waals surface area (Å²) < 4.78 is 9.85. The van der Waals surface area contributed by atoms with E-state index < -0.39 is 0 Å². The van der Waals surface area contributed by atoms with Crippen molar-refractivity contribution in [3.05, 3.63) is 30.3 Å². The van der Waals surface area contributed by atoms with Crippen molar-refractivity contribution < 1.29 is 14.1 Å². The van der Waals surface area contributed by atoms with Crippen molar-refractivity contribution in [2.75, 3.05) is 0 Å². The molecule has 0 amide bonds. The van der Waals surface area contributed by atoms with E-state index in [0.717, 1.165) is 11.0 Å². The molecule has 1 aromatic carbocycles. The highest BCUT2D eigenvalue weighted by Crippen LogP contribution is 2.23. The van der Waals surface area contributed by atoms with E-state index in [9.17, 15) is 0 Å². The molecule has 4 heteroatoms. The Bertz CT molecular complexity index is 349. The van der Waals surface area contributed by atoms with Crippen LogP contribution in [0.25, 0.3) is 11.0 Å². The van der Waals surface area contributed by atoms with E-state index in [1.807, 2.05) is 24.3 Å². The van der Waals surface area contributed by atoms with E-state index in [0.29, 0.717) is 13.6 Å². The van der Waals surface area contributed by atoms with Gasteiger partial charge in [0.05, 0.1) is 0 Å². The van der Waals surface area contributed by atoms with Gasteiger partial charge in [-0.2, -0.15) is 0 Å². The van der Waals surface area contributed by atoms with Gasteiger partial charge in [0.15, 0.2) is 0 Å². The molecule has 0 aliphatic carbocycles. The normalized spacial score (nSPS) is 10.1. The lowest BCUT2D eigenvalue weighted by Crippen LogP contribution is -1.97. The summed E-state index contributed by atoms with van der Waals surface area (Å²) >= 11 is 0. The van der Waals surface area contributed by atoms with Crippen LogP contribution in [-0.2, 0) is 0 Å². The van der Waals surface area contributed by atoms with Crippen molar-refractivity contribution in [3.63, 3.8) is 0 Å². The summed E-state index contributed by atoms with van der Waals surface area (Å²) in [6.45, 7) is 0. The Morgan fingerprint density at radius 3 is 2.92 bits per heavy atom. The summed E-state index contributed by atoms with van der Waals surface area (Å²) in [5.41, 5.74) is 0.745. The Labute approximate surface area is 69.9 Å². The maximum atomic E-state index is 8.34. The van der Waals surface area contributed by atoms with Gasteiger partial charge < -0.3 is 14.1 Å². The predicted molar refractivity (Wildman–Crippen MR) is 44.8 cm³/mol. The molecule has 3 nitrogen and oxygen atoms in total. The first-order valence-corrected chi connectivity index (χ1v) is 3.51. The van der Waals surface area contributed by atoms with Gasteiger partial charge in [-0.15, -0.1) is 0 Å². The average molecular weight is 161 g/mol. The number of furan rings is 1. The molecular weight excluding hydrogens is 155 g/mol. The highest BCUT2D eigenvalue weighted by atomic mass is 16.6. The monoisotopic (exact) mass is 161 g/mol. The van der Waals surface area contributed by atoms with Crippen molar-refractivity contribution >= 4 is 18.7 Å². The van der Waals surface area contributed by atoms with E-state index in [2.05, 4.69) is 4.65 Å². The highest BCUT2D eigenvalue weighted by molar-refractivity contribution is 6.17. The Balaban J connectivity index is 2.47. The number of hydrogen-bond acceptors (Lipinski definition) is 3. The fourth-order valence-corrected chi connectivity index (χ4v) is 1.07. The van der Waals surface area contributed by atoms with E-state index in [1.54, 1.807) is 6.07 Å². The lowest BCUT2D eigenvalue weighted by molar-refractivity contribution is 0.371. The fourth-order valence-electron chi connectivity index (χ4n) is 1.07. The molecule has 0 saturated heterocycles. The molecule has 2 aromatic rings. The second-order valence-electron chi connectivity index (χ2n) is 2.33. The minimum Gasteiger partial charge on any atom is -0.510 e. The van der Waals surface area contributed by atoms with Gasteiger partial charge in [0.2, 0.25) is 0 Å². The Hall–Kier alpha value is -1.42. The van der Waals surface area contributed by atoms with Gasteiger partial charge in [0.1, 0.15) is 5.58 Å². The minimum atomic E-state index is 0.290. The number of benzene rings is 1. The zero-order valence-electron chi connectivity index (χ0n) is 6.23. The van der Waals surface area contributed by atoms with E-state index in [-0.39, 0.29) is 0 Å². The smallest absolute Gasteiger partial charge is 0.510 e. The molecule has 12 heavy (non-hydrogen) atoms. The van der Waals surface area contributed by atoms with E-state index in [4.69, 9.17) is 9.44 Å². The molecule has 0 bridgehead atoms. The van der Waals surface area contributed by atoms with Crippen LogP contribution in [0.15, 0.2) is 34.7 Å². The minimum absolute atomic E-state index is 0.290. The maximum Gasteiger partial charge on any atom is 0.571 e. The number of para-hydroxylation sites is 1. The Morgan fingerprint density at radius 1 is 1.33 bits per heavy atom. The van der Waals surface area contributed by atoms with Crippen LogP contribution in [0.3, 0.4) is 0 Å². The molecule has 0 saturated carbocycles. The predicted octanol–water partition coefficient (Wildman–Crippen LogP) is 1.34. The summed E-state index contributed by atoms with van der Waals surface area (Å²) in [5, 5.41) is 9.29. The lowest BCUT2D eigenvalue weighted by Gasteiger charge is -1.90. The second-order valence-corrected chi connectivity index (χ2v) is 2.33. The SMILES string of the molecule is O[B]Oc1cc2ccccc2o1. The molecule has 0 aliphatic rings. The van der Waals surface area contributed by atoms with Gasteiger partial charge in [-0.25, -0.2) is 0 Å². The molecule has 1 heterocycles. The van der Waals surface area contributed by atoms with Crippen molar-refractivity contribution in [1.82, 2.24) is 0 Å². The van der Waals surface area contributed by atoms with Crippen molar-refractivity contribution in [2.45, 2.75) is 0 Å². The third-order valence-corrected chi connectivity index (χ3v) is 1.57. The first-order valence-electron chi connectivity index (χ1n) is 3.51. The van der Waals surface area contributed by atoms with Crippen LogP contribution in [0.5, 0.6) is 5.95 Å². The molecule has 0 atom stereocenters. The van der Waals surface area contributed by atoms with Gasteiger partial charge in [0.25, 0.3) is 5.95 Å². The largest absolute Gasteiger partial charge is 0.571 e. The average Bonchev–Trinajstić information content (AvgIpc) is 2.47. The van der Waals surface area contributed by atoms with Gasteiger partial charge in [-0.1, -0.05) is 18.2 Å². The zero-order valence-corrected chi connectivity index (χ0v) is 6.23. The lowest BCUT2D eigenvalue weighted by atomic mass is 10.3. The molecule has 0 aliphatic heterocycles. The quantitative estimate of drug-likeness (QED) is 0.675. The standard InChI is InChI=1S/C8H6BO3/c10-9-12-8-5-6-3-1-2-4-7(6)11-8/h1-5,10H. The van der Waals surface area contributed by atoms with Crippen LogP contribution in [0.4, 0.5) is 0 Å². The van der Waals surface area contributed by atoms with Crippen LogP contribution >= 0.6 is 0 Å². The third-order valence-electron chi connectivity index (χ3n) is 1.57. The van der Waals surface area contributed by atoms with E-state index >= 15 is 0 Å². The van der Waals surface area contributed by atoms with Gasteiger partial charge in [-0.05, 0) is 6.07 Å². The van der Waals surface area contributed by atoms with Gasteiger partial charge in [-0.3, -0.25) is 0 Å². The van der Waals surface area contributed by atoms with Crippen molar-refractivity contribution in [3.8, 4) is 5.95 Å². The molecular formula is C8H6BO3. The van der Waals surface area contributed by atoms with Crippen LogP contribution in [0, 0.1) is 0 Å². The molecule has 2 rings (SSSR count). The van der Waals surface area contributed by atoms with Crippen LogP contribution in [-0.4, -0.2) is 12.7 Å². The van der Waals surface area contributed by atoms with Crippen molar-refractivity contribution in [1.29, 1.82) is 0 Å². The molecule has 59 valence electrons. The summed E-state index contributed by atoms with van der Waals surface area (Å²) in [4.78, 5) is 0. The van der Waals surface area contributed by atoms with Gasteiger partial charge in [0, 0.05) is 11.5 Å². The summed E-state index contributed by atoms with van der Waals surface area (Å²) in [7, 11) is 0.595.